The summed E-state index contributed by atoms with van der Waals surface area (Å²) in [5.74, 6) is 1.21. The minimum absolute atomic E-state index is 0.164. The van der Waals surface area contributed by atoms with Gasteiger partial charge in [0.25, 0.3) is 0 Å². The predicted molar refractivity (Wildman–Crippen MR) is 111 cm³/mol. The van der Waals surface area contributed by atoms with Crippen molar-refractivity contribution in [3.8, 4) is 23.0 Å². The van der Waals surface area contributed by atoms with Crippen LogP contribution in [-0.2, 0) is 16.1 Å². The summed E-state index contributed by atoms with van der Waals surface area (Å²) in [4.78, 5) is 15.4. The summed E-state index contributed by atoms with van der Waals surface area (Å²) in [6.45, 7) is 2.84. The lowest BCUT2D eigenvalue weighted by molar-refractivity contribution is -0.131. The lowest BCUT2D eigenvalue weighted by atomic mass is 10.1. The third kappa shape index (κ3) is 5.71. The Morgan fingerprint density at radius 1 is 1.13 bits per heavy atom. The highest BCUT2D eigenvalue weighted by atomic mass is 16.5. The van der Waals surface area contributed by atoms with Gasteiger partial charge < -0.3 is 23.7 Å². The lowest BCUT2D eigenvalue weighted by Gasteiger charge is -2.12. The van der Waals surface area contributed by atoms with Crippen molar-refractivity contribution in [1.29, 1.82) is 0 Å². The maximum Gasteiger partial charge on any atom is 0.328 e. The van der Waals surface area contributed by atoms with Crippen molar-refractivity contribution in [3.63, 3.8) is 0 Å². The quantitative estimate of drug-likeness (QED) is 0.393. The number of hydrogen-bond acceptors (Lipinski definition) is 6. The van der Waals surface area contributed by atoms with Gasteiger partial charge in [-0.25, -0.2) is 9.78 Å². The summed E-state index contributed by atoms with van der Waals surface area (Å²) < 4.78 is 22.3. The van der Waals surface area contributed by atoms with Crippen molar-refractivity contribution in [2.75, 3.05) is 20.3 Å². The number of carboxylic acids is 1. The van der Waals surface area contributed by atoms with Crippen LogP contribution < -0.4 is 9.47 Å². The highest BCUT2D eigenvalue weighted by Gasteiger charge is 2.13. The molecule has 1 aromatic heterocycles. The van der Waals surface area contributed by atoms with Crippen LogP contribution in [0.15, 0.2) is 59.0 Å². The Labute approximate surface area is 174 Å². The lowest BCUT2D eigenvalue weighted by Crippen LogP contribution is -2.05. The van der Waals surface area contributed by atoms with Gasteiger partial charge in [0, 0.05) is 30.4 Å². The maximum absolute atomic E-state index is 10.9. The number of rotatable bonds is 10. The van der Waals surface area contributed by atoms with Crippen molar-refractivity contribution < 1.29 is 28.5 Å². The number of aryl methyl sites for hydroxylation is 1. The maximum atomic E-state index is 10.9. The minimum Gasteiger partial charge on any atom is -0.491 e. The molecule has 0 bridgehead atoms. The van der Waals surface area contributed by atoms with E-state index in [0.29, 0.717) is 47.6 Å². The first-order chi connectivity index (χ1) is 14.6. The molecule has 30 heavy (non-hydrogen) atoms. The molecule has 1 heterocycles. The molecule has 1 N–H and O–H groups in total. The molecule has 7 heteroatoms. The van der Waals surface area contributed by atoms with E-state index in [0.717, 1.165) is 11.6 Å². The number of benzene rings is 2. The molecule has 3 rings (SSSR count). The molecule has 0 aliphatic carbocycles. The van der Waals surface area contributed by atoms with Gasteiger partial charge in [0.2, 0.25) is 5.89 Å². The van der Waals surface area contributed by atoms with Gasteiger partial charge in [0.15, 0.2) is 0 Å². The van der Waals surface area contributed by atoms with E-state index in [1.807, 2.05) is 37.3 Å². The van der Waals surface area contributed by atoms with E-state index < -0.39 is 5.97 Å². The smallest absolute Gasteiger partial charge is 0.328 e. The predicted octanol–water partition coefficient (Wildman–Crippen LogP) is 4.35. The van der Waals surface area contributed by atoms with Crippen LogP contribution in [0.3, 0.4) is 0 Å². The number of oxazole rings is 1. The van der Waals surface area contributed by atoms with Crippen LogP contribution in [0.5, 0.6) is 11.5 Å². The Bertz CT molecular complexity index is 1010. The molecule has 156 valence electrons. The van der Waals surface area contributed by atoms with Crippen LogP contribution >= 0.6 is 0 Å². The molecule has 0 amide bonds. The van der Waals surface area contributed by atoms with E-state index in [1.165, 1.54) is 6.08 Å². The van der Waals surface area contributed by atoms with Gasteiger partial charge in [-0.15, -0.1) is 0 Å². The number of methoxy groups -OCH3 is 1. The molecular formula is C23H23NO6. The largest absolute Gasteiger partial charge is 0.491 e. The van der Waals surface area contributed by atoms with Gasteiger partial charge >= 0.3 is 5.97 Å². The zero-order valence-corrected chi connectivity index (χ0v) is 16.8. The second-order valence-electron chi connectivity index (χ2n) is 6.39. The van der Waals surface area contributed by atoms with E-state index >= 15 is 0 Å². The fraction of sp³-hybridized carbons (Fsp3) is 0.217. The number of carboxylic acid groups (broad SMARTS) is 1. The van der Waals surface area contributed by atoms with Gasteiger partial charge in [0.05, 0.1) is 6.61 Å². The number of ether oxygens (including phenoxy) is 3. The van der Waals surface area contributed by atoms with Gasteiger partial charge in [-0.3, -0.25) is 0 Å². The monoisotopic (exact) mass is 409 g/mol. The average molecular weight is 409 g/mol. The van der Waals surface area contributed by atoms with Crippen LogP contribution in [0.25, 0.3) is 17.5 Å². The second kappa shape index (κ2) is 10.3. The molecule has 0 atom stereocenters. The van der Waals surface area contributed by atoms with E-state index in [9.17, 15) is 4.79 Å². The Kier molecular flexibility index (Phi) is 7.24. The van der Waals surface area contributed by atoms with E-state index in [4.69, 9.17) is 23.7 Å². The number of aromatic nitrogens is 1. The summed E-state index contributed by atoms with van der Waals surface area (Å²) >= 11 is 0. The van der Waals surface area contributed by atoms with Gasteiger partial charge in [-0.05, 0) is 37.3 Å². The van der Waals surface area contributed by atoms with Gasteiger partial charge in [-0.1, -0.05) is 18.2 Å². The van der Waals surface area contributed by atoms with E-state index in [2.05, 4.69) is 4.98 Å². The molecule has 0 fully saturated rings. The summed E-state index contributed by atoms with van der Waals surface area (Å²) in [7, 11) is 1.60. The minimum atomic E-state index is -1.04. The summed E-state index contributed by atoms with van der Waals surface area (Å²) in [5.41, 5.74) is 2.15. The second-order valence-corrected chi connectivity index (χ2v) is 6.39. The van der Waals surface area contributed by atoms with E-state index in [-0.39, 0.29) is 6.61 Å². The Morgan fingerprint density at radius 2 is 1.93 bits per heavy atom. The van der Waals surface area contributed by atoms with Gasteiger partial charge in [-0.2, -0.15) is 0 Å². The van der Waals surface area contributed by atoms with Crippen molar-refractivity contribution in [2.45, 2.75) is 13.5 Å². The Balaban J connectivity index is 1.79. The summed E-state index contributed by atoms with van der Waals surface area (Å²) in [6, 6.07) is 14.8. The van der Waals surface area contributed by atoms with Crippen molar-refractivity contribution >= 4 is 12.0 Å². The van der Waals surface area contributed by atoms with Crippen molar-refractivity contribution in [2.24, 2.45) is 0 Å². The standard InChI is InChI=1S/C23H23NO6/c1-16-20(24-23(30-16)18-6-4-3-5-7-18)15-29-21-14-19(28-13-12-27-2)10-8-17(21)9-11-22(25)26/h3-11,14H,12-13,15H2,1-2H3,(H,25,26). The normalized spacial score (nSPS) is 11.0. The van der Waals surface area contributed by atoms with Crippen LogP contribution in [-0.4, -0.2) is 36.4 Å². The average Bonchev–Trinajstić information content (AvgIpc) is 3.13. The molecule has 0 aliphatic rings. The molecule has 0 spiro atoms. The van der Waals surface area contributed by atoms with Crippen molar-refractivity contribution in [3.05, 3.63) is 71.6 Å². The van der Waals surface area contributed by atoms with Crippen LogP contribution in [0, 0.1) is 6.92 Å². The third-order valence-corrected chi connectivity index (χ3v) is 4.22. The summed E-state index contributed by atoms with van der Waals surface area (Å²) in [5, 5.41) is 8.93. The highest BCUT2D eigenvalue weighted by molar-refractivity contribution is 5.86. The van der Waals surface area contributed by atoms with Crippen LogP contribution in [0.4, 0.5) is 0 Å². The zero-order chi connectivity index (χ0) is 21.3. The zero-order valence-electron chi connectivity index (χ0n) is 16.8. The molecule has 0 aliphatic heterocycles. The van der Waals surface area contributed by atoms with Crippen molar-refractivity contribution in [1.82, 2.24) is 4.98 Å². The number of aliphatic carboxylic acids is 1. The molecule has 0 radical (unpaired) electrons. The highest BCUT2D eigenvalue weighted by Crippen LogP contribution is 2.28. The summed E-state index contributed by atoms with van der Waals surface area (Å²) in [6.07, 6.45) is 2.53. The first-order valence-corrected chi connectivity index (χ1v) is 9.38. The third-order valence-electron chi connectivity index (χ3n) is 4.22. The number of nitrogens with zero attached hydrogens (tertiary/aromatic N) is 1. The Morgan fingerprint density at radius 3 is 2.67 bits per heavy atom. The fourth-order valence-corrected chi connectivity index (χ4v) is 2.68. The first-order valence-electron chi connectivity index (χ1n) is 9.38. The molecule has 0 saturated heterocycles. The van der Waals surface area contributed by atoms with Crippen LogP contribution in [0.2, 0.25) is 0 Å². The fourth-order valence-electron chi connectivity index (χ4n) is 2.68. The number of carbonyl (C=O) groups is 1. The Hall–Kier alpha value is -3.58. The molecule has 2 aromatic carbocycles. The molecule has 3 aromatic rings. The molecule has 7 nitrogen and oxygen atoms in total. The molecular weight excluding hydrogens is 386 g/mol. The SMILES string of the molecule is COCCOc1ccc(C=CC(=O)O)c(OCc2nc(-c3ccccc3)oc2C)c1. The van der Waals surface area contributed by atoms with E-state index in [1.54, 1.807) is 25.3 Å². The van der Waals surface area contributed by atoms with Crippen LogP contribution in [0.1, 0.15) is 17.0 Å². The topological polar surface area (TPSA) is 91.0 Å². The first kappa shape index (κ1) is 21.1. The molecule has 0 saturated carbocycles. The number of hydrogen-bond donors (Lipinski definition) is 1. The molecule has 0 unspecified atom stereocenters. The van der Waals surface area contributed by atoms with Gasteiger partial charge in [0.1, 0.15) is 36.2 Å².